The van der Waals surface area contributed by atoms with Crippen molar-refractivity contribution in [3.05, 3.63) is 75.4 Å². The van der Waals surface area contributed by atoms with Crippen molar-refractivity contribution < 1.29 is 0 Å². The molecule has 7 heteroatoms. The predicted molar refractivity (Wildman–Crippen MR) is 114 cm³/mol. The van der Waals surface area contributed by atoms with Crippen LogP contribution in [-0.4, -0.2) is 14.9 Å². The van der Waals surface area contributed by atoms with Crippen LogP contribution in [-0.2, 0) is 6.54 Å². The minimum Gasteiger partial charge on any atom is -0.332 e. The van der Waals surface area contributed by atoms with Crippen LogP contribution in [0.25, 0.3) is 0 Å². The molecule has 2 aromatic carbocycles. The number of rotatable bonds is 4. The lowest BCUT2D eigenvalue weighted by molar-refractivity contribution is 0.690. The van der Waals surface area contributed by atoms with Gasteiger partial charge < -0.3 is 10.6 Å². The third-order valence-corrected chi connectivity index (χ3v) is 4.94. The smallest absolute Gasteiger partial charge is 0.176 e. The average Bonchev–Trinajstić information content (AvgIpc) is 2.93. The van der Waals surface area contributed by atoms with Gasteiger partial charge in [0.2, 0.25) is 0 Å². The minimum atomic E-state index is 0.434. The lowest BCUT2D eigenvalue weighted by atomic mass is 10.1. The SMILES string of the molecule is Cc1cccc(NC(=S)Nc2nn(Cc3ccccc3Cl)cc2Cl)c1C. The van der Waals surface area contributed by atoms with Crippen molar-refractivity contribution in [1.82, 2.24) is 9.78 Å². The third-order valence-electron chi connectivity index (χ3n) is 4.09. The second-order valence-corrected chi connectivity index (χ2v) is 7.16. The van der Waals surface area contributed by atoms with Gasteiger partial charge in [0.05, 0.1) is 6.54 Å². The predicted octanol–water partition coefficient (Wildman–Crippen LogP) is 5.66. The molecule has 0 fully saturated rings. The summed E-state index contributed by atoms with van der Waals surface area (Å²) in [6.45, 7) is 4.63. The van der Waals surface area contributed by atoms with Gasteiger partial charge in [0.1, 0.15) is 5.02 Å². The molecule has 1 aromatic heterocycles. The van der Waals surface area contributed by atoms with Gasteiger partial charge in [-0.1, -0.05) is 53.5 Å². The number of halogens is 2. The fourth-order valence-corrected chi connectivity index (χ4v) is 3.11. The summed E-state index contributed by atoms with van der Waals surface area (Å²) >= 11 is 17.9. The molecule has 0 saturated heterocycles. The van der Waals surface area contributed by atoms with Crippen LogP contribution in [0.2, 0.25) is 10.0 Å². The average molecular weight is 405 g/mol. The van der Waals surface area contributed by atoms with E-state index in [-0.39, 0.29) is 0 Å². The second kappa shape index (κ2) is 8.08. The van der Waals surface area contributed by atoms with E-state index in [1.165, 1.54) is 5.56 Å². The Bertz CT molecular complexity index is 952. The van der Waals surface area contributed by atoms with Crippen molar-refractivity contribution in [3.63, 3.8) is 0 Å². The highest BCUT2D eigenvalue weighted by molar-refractivity contribution is 7.80. The first kappa shape index (κ1) is 18.7. The van der Waals surface area contributed by atoms with Gasteiger partial charge in [-0.05, 0) is 54.9 Å². The van der Waals surface area contributed by atoms with E-state index in [1.807, 2.05) is 43.3 Å². The van der Waals surface area contributed by atoms with Gasteiger partial charge in [0.25, 0.3) is 0 Å². The summed E-state index contributed by atoms with van der Waals surface area (Å²) in [6, 6.07) is 13.7. The Morgan fingerprint density at radius 1 is 1.04 bits per heavy atom. The Balaban J connectivity index is 1.70. The highest BCUT2D eigenvalue weighted by atomic mass is 35.5. The van der Waals surface area contributed by atoms with Crippen LogP contribution in [0.15, 0.2) is 48.7 Å². The zero-order chi connectivity index (χ0) is 18.7. The van der Waals surface area contributed by atoms with Crippen LogP contribution < -0.4 is 10.6 Å². The quantitative estimate of drug-likeness (QED) is 0.550. The summed E-state index contributed by atoms with van der Waals surface area (Å²) in [5.74, 6) is 0.501. The molecule has 4 nitrogen and oxygen atoms in total. The maximum atomic E-state index is 6.29. The molecule has 26 heavy (non-hydrogen) atoms. The topological polar surface area (TPSA) is 41.9 Å². The fourth-order valence-electron chi connectivity index (χ4n) is 2.51. The van der Waals surface area contributed by atoms with Crippen molar-refractivity contribution >= 4 is 52.0 Å². The van der Waals surface area contributed by atoms with Gasteiger partial charge in [-0.25, -0.2) is 0 Å². The standard InChI is InChI=1S/C19H18Cl2N4S/c1-12-6-5-9-17(13(12)2)22-19(26)23-18-16(21)11-25(24-18)10-14-7-3-4-8-15(14)20/h3-9,11H,10H2,1-2H3,(H2,22,23,24,26). The van der Waals surface area contributed by atoms with E-state index in [2.05, 4.69) is 28.7 Å². The number of aromatic nitrogens is 2. The molecule has 0 aliphatic rings. The molecule has 3 rings (SSSR count). The summed E-state index contributed by atoms with van der Waals surface area (Å²) in [5, 5.41) is 12.3. The molecule has 3 aromatic rings. The molecule has 0 aliphatic carbocycles. The largest absolute Gasteiger partial charge is 0.332 e. The molecule has 0 aliphatic heterocycles. The molecule has 0 bridgehead atoms. The molecular weight excluding hydrogens is 387 g/mol. The van der Waals surface area contributed by atoms with E-state index >= 15 is 0 Å². The molecular formula is C19H18Cl2N4S. The first-order chi connectivity index (χ1) is 12.4. The molecule has 0 saturated carbocycles. The monoisotopic (exact) mass is 404 g/mol. The lowest BCUT2D eigenvalue weighted by Crippen LogP contribution is -2.20. The number of nitrogens with one attached hydrogen (secondary N) is 2. The number of benzene rings is 2. The molecule has 134 valence electrons. The molecule has 0 atom stereocenters. The molecule has 0 spiro atoms. The highest BCUT2D eigenvalue weighted by Gasteiger charge is 2.11. The van der Waals surface area contributed by atoms with E-state index < -0.39 is 0 Å². The summed E-state index contributed by atoms with van der Waals surface area (Å²) in [7, 11) is 0. The number of thiocarbonyl (C=S) groups is 1. The number of anilines is 2. The fraction of sp³-hybridized carbons (Fsp3) is 0.158. The van der Waals surface area contributed by atoms with Crippen LogP contribution in [0.3, 0.4) is 0 Å². The summed E-state index contributed by atoms with van der Waals surface area (Å²) < 4.78 is 1.73. The first-order valence-corrected chi connectivity index (χ1v) is 9.21. The number of aryl methyl sites for hydroxylation is 1. The Kier molecular flexibility index (Phi) is 5.81. The van der Waals surface area contributed by atoms with Crippen LogP contribution >= 0.6 is 35.4 Å². The maximum Gasteiger partial charge on any atom is 0.176 e. The van der Waals surface area contributed by atoms with E-state index in [4.69, 9.17) is 35.4 Å². The second-order valence-electron chi connectivity index (χ2n) is 5.94. The van der Waals surface area contributed by atoms with Crippen LogP contribution in [0.4, 0.5) is 11.5 Å². The Hall–Kier alpha value is -2.08. The van der Waals surface area contributed by atoms with Crippen molar-refractivity contribution in [2.45, 2.75) is 20.4 Å². The molecule has 0 unspecified atom stereocenters. The zero-order valence-electron chi connectivity index (χ0n) is 14.4. The van der Waals surface area contributed by atoms with Gasteiger partial charge in [-0.3, -0.25) is 4.68 Å². The van der Waals surface area contributed by atoms with Crippen LogP contribution in [0.1, 0.15) is 16.7 Å². The molecule has 2 N–H and O–H groups in total. The molecule has 0 radical (unpaired) electrons. The van der Waals surface area contributed by atoms with Crippen molar-refractivity contribution in [2.24, 2.45) is 0 Å². The van der Waals surface area contributed by atoms with Crippen molar-refractivity contribution in [2.75, 3.05) is 10.6 Å². The van der Waals surface area contributed by atoms with Crippen molar-refractivity contribution in [3.8, 4) is 0 Å². The third kappa shape index (κ3) is 4.36. The maximum absolute atomic E-state index is 6.29. The van der Waals surface area contributed by atoms with E-state index in [1.54, 1.807) is 10.9 Å². The van der Waals surface area contributed by atoms with Crippen LogP contribution in [0, 0.1) is 13.8 Å². The van der Waals surface area contributed by atoms with Gasteiger partial charge >= 0.3 is 0 Å². The number of hydrogen-bond acceptors (Lipinski definition) is 2. The lowest BCUT2D eigenvalue weighted by Gasteiger charge is -2.12. The first-order valence-electron chi connectivity index (χ1n) is 8.04. The minimum absolute atomic E-state index is 0.434. The van der Waals surface area contributed by atoms with Crippen molar-refractivity contribution in [1.29, 1.82) is 0 Å². The summed E-state index contributed by atoms with van der Waals surface area (Å²) in [6.07, 6.45) is 1.74. The summed E-state index contributed by atoms with van der Waals surface area (Å²) in [5.41, 5.74) is 4.26. The molecule has 1 heterocycles. The normalized spacial score (nSPS) is 10.6. The van der Waals surface area contributed by atoms with Gasteiger partial charge in [-0.2, -0.15) is 5.10 Å². The van der Waals surface area contributed by atoms with E-state index in [0.717, 1.165) is 16.8 Å². The molecule has 0 amide bonds. The number of nitrogens with zero attached hydrogens (tertiary/aromatic N) is 2. The van der Waals surface area contributed by atoms with Crippen LogP contribution in [0.5, 0.6) is 0 Å². The Morgan fingerprint density at radius 2 is 1.81 bits per heavy atom. The van der Waals surface area contributed by atoms with Gasteiger partial charge in [-0.15, -0.1) is 0 Å². The van der Waals surface area contributed by atoms with Gasteiger partial charge in [0, 0.05) is 16.9 Å². The van der Waals surface area contributed by atoms with E-state index in [9.17, 15) is 0 Å². The van der Waals surface area contributed by atoms with Gasteiger partial charge in [0.15, 0.2) is 10.9 Å². The highest BCUT2D eigenvalue weighted by Crippen LogP contribution is 2.23. The Labute approximate surface area is 168 Å². The summed E-state index contributed by atoms with van der Waals surface area (Å²) in [4.78, 5) is 0. The van der Waals surface area contributed by atoms with E-state index in [0.29, 0.717) is 27.5 Å². The Morgan fingerprint density at radius 3 is 2.58 bits per heavy atom. The zero-order valence-corrected chi connectivity index (χ0v) is 16.7. The number of hydrogen-bond donors (Lipinski definition) is 2.